The molecule has 0 saturated carbocycles. The molecule has 9 heteroatoms. The molecule has 1 amide bonds. The topological polar surface area (TPSA) is 57.7 Å². The van der Waals surface area contributed by atoms with E-state index in [0.717, 1.165) is 17.7 Å². The highest BCUT2D eigenvalue weighted by Gasteiger charge is 2.34. The average molecular weight is 440 g/mol. The SMILES string of the molecule is CN(Cc1ccc(C(F)(F)F)cc1)C(=O)C(c1ccccc1)N1CCS(=O)(=O)CC1. The lowest BCUT2D eigenvalue weighted by molar-refractivity contribution is -0.138. The summed E-state index contributed by atoms with van der Waals surface area (Å²) in [4.78, 5) is 16.6. The predicted octanol–water partition coefficient (Wildman–Crippen LogP) is 3.14. The van der Waals surface area contributed by atoms with Crippen LogP contribution >= 0.6 is 0 Å². The van der Waals surface area contributed by atoms with E-state index in [1.165, 1.54) is 17.0 Å². The lowest BCUT2D eigenvalue weighted by Gasteiger charge is -2.35. The van der Waals surface area contributed by atoms with Crippen molar-refractivity contribution >= 4 is 15.7 Å². The summed E-state index contributed by atoms with van der Waals surface area (Å²) in [6.07, 6.45) is -4.41. The Bertz CT molecular complexity index is 963. The van der Waals surface area contributed by atoms with Crippen molar-refractivity contribution in [2.75, 3.05) is 31.6 Å². The van der Waals surface area contributed by atoms with Crippen LogP contribution in [0.3, 0.4) is 0 Å². The Morgan fingerprint density at radius 1 is 1.03 bits per heavy atom. The van der Waals surface area contributed by atoms with Gasteiger partial charge in [-0.15, -0.1) is 0 Å². The number of hydrogen-bond donors (Lipinski definition) is 0. The molecular formula is C21H23F3N2O3S. The van der Waals surface area contributed by atoms with E-state index in [1.807, 2.05) is 35.2 Å². The summed E-state index contributed by atoms with van der Waals surface area (Å²) in [7, 11) is -1.51. The van der Waals surface area contributed by atoms with Crippen LogP contribution in [-0.4, -0.2) is 55.8 Å². The smallest absolute Gasteiger partial charge is 0.340 e. The molecule has 3 rings (SSSR count). The van der Waals surface area contributed by atoms with Crippen LogP contribution in [-0.2, 0) is 27.4 Å². The minimum Gasteiger partial charge on any atom is -0.340 e. The molecular weight excluding hydrogens is 417 g/mol. The summed E-state index contributed by atoms with van der Waals surface area (Å²) in [5.41, 5.74) is 0.588. The van der Waals surface area contributed by atoms with Crippen molar-refractivity contribution in [2.45, 2.75) is 18.8 Å². The monoisotopic (exact) mass is 440 g/mol. The summed E-state index contributed by atoms with van der Waals surface area (Å²) in [5.74, 6) is -0.251. The Kier molecular flexibility index (Phi) is 6.52. The van der Waals surface area contributed by atoms with Crippen LogP contribution < -0.4 is 0 Å². The fourth-order valence-corrected chi connectivity index (χ4v) is 4.72. The zero-order valence-electron chi connectivity index (χ0n) is 16.5. The molecule has 0 N–H and O–H groups in total. The highest BCUT2D eigenvalue weighted by molar-refractivity contribution is 7.91. The van der Waals surface area contributed by atoms with E-state index in [1.54, 1.807) is 7.05 Å². The van der Waals surface area contributed by atoms with Gasteiger partial charge < -0.3 is 4.90 Å². The van der Waals surface area contributed by atoms with Gasteiger partial charge in [-0.3, -0.25) is 9.69 Å². The average Bonchev–Trinajstić information content (AvgIpc) is 2.70. The van der Waals surface area contributed by atoms with E-state index in [-0.39, 0.29) is 37.0 Å². The quantitative estimate of drug-likeness (QED) is 0.717. The number of carbonyl (C=O) groups is 1. The van der Waals surface area contributed by atoms with Gasteiger partial charge in [-0.1, -0.05) is 42.5 Å². The van der Waals surface area contributed by atoms with Gasteiger partial charge in [0.25, 0.3) is 0 Å². The van der Waals surface area contributed by atoms with Gasteiger partial charge in [0.2, 0.25) is 5.91 Å². The van der Waals surface area contributed by atoms with E-state index >= 15 is 0 Å². The molecule has 5 nitrogen and oxygen atoms in total. The molecule has 162 valence electrons. The third-order valence-electron chi connectivity index (χ3n) is 5.17. The molecule has 1 unspecified atom stereocenters. The van der Waals surface area contributed by atoms with Crippen LogP contribution in [0.1, 0.15) is 22.7 Å². The van der Waals surface area contributed by atoms with Crippen molar-refractivity contribution in [3.8, 4) is 0 Å². The summed E-state index contributed by atoms with van der Waals surface area (Å²) in [5, 5.41) is 0. The molecule has 0 radical (unpaired) electrons. The third kappa shape index (κ3) is 5.40. The molecule has 0 aliphatic carbocycles. The van der Waals surface area contributed by atoms with Crippen molar-refractivity contribution < 1.29 is 26.4 Å². The Morgan fingerprint density at radius 3 is 2.13 bits per heavy atom. The highest BCUT2D eigenvalue weighted by Crippen LogP contribution is 2.30. The van der Waals surface area contributed by atoms with Gasteiger partial charge in [0, 0.05) is 26.7 Å². The van der Waals surface area contributed by atoms with Crippen molar-refractivity contribution in [1.29, 1.82) is 0 Å². The largest absolute Gasteiger partial charge is 0.416 e. The first kappa shape index (κ1) is 22.3. The fraction of sp³-hybridized carbons (Fsp3) is 0.381. The molecule has 1 saturated heterocycles. The second-order valence-corrected chi connectivity index (χ2v) is 9.69. The van der Waals surface area contributed by atoms with Crippen LogP contribution in [0.5, 0.6) is 0 Å². The van der Waals surface area contributed by atoms with E-state index in [0.29, 0.717) is 5.56 Å². The molecule has 1 fully saturated rings. The first-order valence-corrected chi connectivity index (χ1v) is 11.3. The number of amides is 1. The second kappa shape index (κ2) is 8.77. The van der Waals surface area contributed by atoms with Crippen molar-refractivity contribution in [1.82, 2.24) is 9.80 Å². The predicted molar refractivity (Wildman–Crippen MR) is 107 cm³/mol. The van der Waals surface area contributed by atoms with Crippen molar-refractivity contribution in [3.63, 3.8) is 0 Å². The molecule has 0 aromatic heterocycles. The minimum absolute atomic E-state index is 0.00771. The summed E-state index contributed by atoms with van der Waals surface area (Å²) >= 11 is 0. The maximum Gasteiger partial charge on any atom is 0.416 e. The number of alkyl halides is 3. The van der Waals surface area contributed by atoms with Gasteiger partial charge in [-0.25, -0.2) is 8.42 Å². The number of carbonyl (C=O) groups excluding carboxylic acids is 1. The zero-order chi connectivity index (χ0) is 21.9. The fourth-order valence-electron chi connectivity index (χ4n) is 3.49. The molecule has 2 aromatic carbocycles. The zero-order valence-corrected chi connectivity index (χ0v) is 17.3. The number of sulfone groups is 1. The van der Waals surface area contributed by atoms with Crippen LogP contribution in [0.15, 0.2) is 54.6 Å². The molecule has 2 aromatic rings. The van der Waals surface area contributed by atoms with Gasteiger partial charge in [0.1, 0.15) is 6.04 Å². The first-order chi connectivity index (χ1) is 14.1. The minimum atomic E-state index is -4.41. The van der Waals surface area contributed by atoms with E-state index in [4.69, 9.17) is 0 Å². The number of rotatable bonds is 5. The Labute approximate surface area is 174 Å². The number of nitrogens with zero attached hydrogens (tertiary/aromatic N) is 2. The van der Waals surface area contributed by atoms with Crippen molar-refractivity contribution in [3.05, 3.63) is 71.3 Å². The number of likely N-dealkylation sites (N-methyl/N-ethyl adjacent to an activating group) is 1. The molecule has 0 spiro atoms. The third-order valence-corrected chi connectivity index (χ3v) is 6.78. The lowest BCUT2D eigenvalue weighted by Crippen LogP contribution is -2.47. The Balaban J connectivity index is 1.78. The summed E-state index contributed by atoms with van der Waals surface area (Å²) in [6, 6.07) is 13.1. The van der Waals surface area contributed by atoms with Crippen LogP contribution in [0.4, 0.5) is 13.2 Å². The molecule has 1 heterocycles. The van der Waals surface area contributed by atoms with E-state index in [9.17, 15) is 26.4 Å². The van der Waals surface area contributed by atoms with Gasteiger partial charge in [-0.2, -0.15) is 13.2 Å². The van der Waals surface area contributed by atoms with Gasteiger partial charge in [0.15, 0.2) is 9.84 Å². The van der Waals surface area contributed by atoms with E-state index in [2.05, 4.69) is 0 Å². The first-order valence-electron chi connectivity index (χ1n) is 9.47. The van der Waals surface area contributed by atoms with Gasteiger partial charge >= 0.3 is 6.18 Å². The van der Waals surface area contributed by atoms with Gasteiger partial charge in [0.05, 0.1) is 17.1 Å². The lowest BCUT2D eigenvalue weighted by atomic mass is 10.0. The molecule has 30 heavy (non-hydrogen) atoms. The molecule has 1 aliphatic rings. The maximum absolute atomic E-state index is 13.3. The summed E-state index contributed by atoms with van der Waals surface area (Å²) in [6.45, 7) is 0.649. The normalized spacial score (nSPS) is 18.0. The molecule has 0 bridgehead atoms. The summed E-state index contributed by atoms with van der Waals surface area (Å²) < 4.78 is 61.8. The Morgan fingerprint density at radius 2 is 1.60 bits per heavy atom. The second-order valence-electron chi connectivity index (χ2n) is 7.39. The van der Waals surface area contributed by atoms with Crippen LogP contribution in [0.25, 0.3) is 0 Å². The number of hydrogen-bond acceptors (Lipinski definition) is 4. The Hall–Kier alpha value is -2.39. The molecule has 1 atom stereocenters. The van der Waals surface area contributed by atoms with Gasteiger partial charge in [-0.05, 0) is 23.3 Å². The van der Waals surface area contributed by atoms with Crippen LogP contribution in [0, 0.1) is 0 Å². The maximum atomic E-state index is 13.3. The highest BCUT2D eigenvalue weighted by atomic mass is 32.2. The number of halogens is 3. The van der Waals surface area contributed by atoms with Crippen LogP contribution in [0.2, 0.25) is 0 Å². The van der Waals surface area contributed by atoms with Crippen molar-refractivity contribution in [2.24, 2.45) is 0 Å². The standard InChI is InChI=1S/C21H23F3N2O3S/c1-25(15-16-7-9-18(10-8-16)21(22,23)24)20(27)19(17-5-3-2-4-6-17)26-11-13-30(28,29)14-12-26/h2-10,19H,11-15H2,1H3. The molecule has 1 aliphatic heterocycles. The number of benzene rings is 2. The van der Waals surface area contributed by atoms with E-state index < -0.39 is 27.6 Å².